The Kier molecular flexibility index (Phi) is 4.29. The first kappa shape index (κ1) is 16.3. The van der Waals surface area contributed by atoms with Crippen LogP contribution in [0.25, 0.3) is 10.2 Å². The van der Waals surface area contributed by atoms with E-state index in [1.165, 1.54) is 11.1 Å². The third-order valence-corrected chi connectivity index (χ3v) is 5.89. The summed E-state index contributed by atoms with van der Waals surface area (Å²) in [6, 6.07) is 8.21. The zero-order valence-corrected chi connectivity index (χ0v) is 15.3. The van der Waals surface area contributed by atoms with Crippen molar-refractivity contribution in [1.29, 1.82) is 0 Å². The average molecular weight is 355 g/mol. The molecule has 0 aliphatic carbocycles. The van der Waals surface area contributed by atoms with Crippen LogP contribution in [0.1, 0.15) is 59.8 Å². The van der Waals surface area contributed by atoms with E-state index in [0.29, 0.717) is 23.9 Å². The lowest BCUT2D eigenvalue weighted by Gasteiger charge is -2.31. The molecule has 1 fully saturated rings. The van der Waals surface area contributed by atoms with Crippen molar-refractivity contribution in [3.05, 3.63) is 47.1 Å². The number of carbonyl (C=O) groups excluding carboxylic acids is 1. The molecule has 2 aromatic heterocycles. The minimum absolute atomic E-state index is 0.0248. The third-order valence-electron chi connectivity index (χ3n) is 4.69. The number of likely N-dealkylation sites (tertiary alicyclic amines) is 1. The standard InChI is InChI=1S/C19H21N3O2S/c1-12(2)17-16(20-11-24-17)19(23)22-9-5-6-13(10-22)18-21-14-7-3-4-8-15(14)25-18/h3-4,7-8,11-13H,5-6,9-10H2,1-2H3/t13-/m1/s1. The highest BCUT2D eigenvalue weighted by atomic mass is 32.1. The summed E-state index contributed by atoms with van der Waals surface area (Å²) in [6.07, 6.45) is 3.43. The van der Waals surface area contributed by atoms with Crippen LogP contribution < -0.4 is 0 Å². The smallest absolute Gasteiger partial charge is 0.276 e. The van der Waals surface area contributed by atoms with Gasteiger partial charge in [-0.1, -0.05) is 26.0 Å². The molecule has 3 heterocycles. The molecule has 1 amide bonds. The topological polar surface area (TPSA) is 59.2 Å². The van der Waals surface area contributed by atoms with Gasteiger partial charge in [0.05, 0.1) is 15.2 Å². The lowest BCUT2D eigenvalue weighted by atomic mass is 9.98. The second kappa shape index (κ2) is 6.59. The van der Waals surface area contributed by atoms with Crippen LogP contribution in [0.5, 0.6) is 0 Å². The number of hydrogen-bond acceptors (Lipinski definition) is 5. The fourth-order valence-electron chi connectivity index (χ4n) is 3.40. The van der Waals surface area contributed by atoms with Gasteiger partial charge in [0, 0.05) is 24.9 Å². The number of rotatable bonds is 3. The molecule has 1 aliphatic rings. The number of piperidine rings is 1. The van der Waals surface area contributed by atoms with Gasteiger partial charge in [-0.25, -0.2) is 9.97 Å². The molecule has 0 radical (unpaired) electrons. The fourth-order valence-corrected chi connectivity index (χ4v) is 4.50. The second-order valence-electron chi connectivity index (χ2n) is 6.83. The number of hydrogen-bond donors (Lipinski definition) is 0. The number of oxazole rings is 1. The van der Waals surface area contributed by atoms with Crippen molar-refractivity contribution in [2.45, 2.75) is 38.5 Å². The number of thiazole rings is 1. The van der Waals surface area contributed by atoms with Crippen LogP contribution in [0, 0.1) is 0 Å². The van der Waals surface area contributed by atoms with Crippen molar-refractivity contribution in [1.82, 2.24) is 14.9 Å². The van der Waals surface area contributed by atoms with Gasteiger partial charge in [0.25, 0.3) is 5.91 Å². The Balaban J connectivity index is 1.56. The molecule has 1 aliphatic heterocycles. The van der Waals surface area contributed by atoms with Gasteiger partial charge in [-0.15, -0.1) is 11.3 Å². The Morgan fingerprint density at radius 3 is 3.00 bits per heavy atom. The van der Waals surface area contributed by atoms with Crippen LogP contribution in [0.3, 0.4) is 0 Å². The van der Waals surface area contributed by atoms with Gasteiger partial charge < -0.3 is 9.32 Å². The van der Waals surface area contributed by atoms with Gasteiger partial charge >= 0.3 is 0 Å². The van der Waals surface area contributed by atoms with Gasteiger partial charge in [-0.2, -0.15) is 0 Å². The normalized spacial score (nSPS) is 18.2. The maximum absolute atomic E-state index is 12.9. The molecule has 6 heteroatoms. The first-order chi connectivity index (χ1) is 12.1. The summed E-state index contributed by atoms with van der Waals surface area (Å²) in [5.74, 6) is 1.09. The molecule has 25 heavy (non-hydrogen) atoms. The average Bonchev–Trinajstić information content (AvgIpc) is 3.28. The van der Waals surface area contributed by atoms with E-state index in [1.807, 2.05) is 36.9 Å². The Morgan fingerprint density at radius 2 is 2.20 bits per heavy atom. The van der Waals surface area contributed by atoms with Crippen molar-refractivity contribution in [2.24, 2.45) is 0 Å². The highest BCUT2D eigenvalue weighted by Crippen LogP contribution is 2.33. The van der Waals surface area contributed by atoms with Gasteiger partial charge in [-0.05, 0) is 25.0 Å². The summed E-state index contributed by atoms with van der Waals surface area (Å²) in [6.45, 7) is 5.49. The second-order valence-corrected chi connectivity index (χ2v) is 7.89. The summed E-state index contributed by atoms with van der Waals surface area (Å²) >= 11 is 1.74. The molecule has 0 N–H and O–H groups in total. The molecule has 5 nitrogen and oxygen atoms in total. The molecule has 1 atom stereocenters. The summed E-state index contributed by atoms with van der Waals surface area (Å²) in [5.41, 5.74) is 1.50. The van der Waals surface area contributed by atoms with Crippen molar-refractivity contribution >= 4 is 27.5 Å². The number of nitrogens with zero attached hydrogens (tertiary/aromatic N) is 3. The van der Waals surface area contributed by atoms with Gasteiger partial charge in [0.15, 0.2) is 12.1 Å². The molecule has 0 unspecified atom stereocenters. The number of para-hydroxylation sites is 1. The lowest BCUT2D eigenvalue weighted by Crippen LogP contribution is -2.39. The molecule has 1 aromatic carbocycles. The van der Waals surface area contributed by atoms with E-state index in [-0.39, 0.29) is 11.8 Å². The quantitative estimate of drug-likeness (QED) is 0.697. The Bertz CT molecular complexity index is 866. The number of amides is 1. The van der Waals surface area contributed by atoms with Crippen molar-refractivity contribution < 1.29 is 9.21 Å². The predicted molar refractivity (Wildman–Crippen MR) is 98.1 cm³/mol. The number of benzene rings is 1. The molecular weight excluding hydrogens is 334 g/mol. The minimum Gasteiger partial charge on any atom is -0.447 e. The molecular formula is C19H21N3O2S. The first-order valence-corrected chi connectivity index (χ1v) is 9.53. The predicted octanol–water partition coefficient (Wildman–Crippen LogP) is 4.43. The van der Waals surface area contributed by atoms with Crippen LogP contribution in [-0.2, 0) is 0 Å². The van der Waals surface area contributed by atoms with E-state index in [1.54, 1.807) is 11.3 Å². The number of carbonyl (C=O) groups is 1. The van der Waals surface area contributed by atoms with E-state index >= 15 is 0 Å². The summed E-state index contributed by atoms with van der Waals surface area (Å²) < 4.78 is 6.63. The highest BCUT2D eigenvalue weighted by Gasteiger charge is 2.30. The van der Waals surface area contributed by atoms with E-state index in [0.717, 1.165) is 29.9 Å². The first-order valence-electron chi connectivity index (χ1n) is 8.71. The van der Waals surface area contributed by atoms with Gasteiger partial charge in [0.1, 0.15) is 5.76 Å². The minimum atomic E-state index is -0.0248. The maximum Gasteiger partial charge on any atom is 0.276 e. The van der Waals surface area contributed by atoms with Gasteiger partial charge in [-0.3, -0.25) is 4.79 Å². The Hall–Kier alpha value is -2.21. The number of aromatic nitrogens is 2. The molecule has 1 saturated heterocycles. The van der Waals surface area contributed by atoms with Crippen molar-refractivity contribution in [3.8, 4) is 0 Å². The van der Waals surface area contributed by atoms with Crippen LogP contribution in [0.2, 0.25) is 0 Å². The summed E-state index contributed by atoms with van der Waals surface area (Å²) in [7, 11) is 0. The molecule has 0 spiro atoms. The van der Waals surface area contributed by atoms with Gasteiger partial charge in [0.2, 0.25) is 0 Å². The third kappa shape index (κ3) is 3.06. The van der Waals surface area contributed by atoms with E-state index in [2.05, 4.69) is 11.1 Å². The largest absolute Gasteiger partial charge is 0.447 e. The zero-order valence-electron chi connectivity index (χ0n) is 14.4. The molecule has 0 bridgehead atoms. The van der Waals surface area contributed by atoms with E-state index in [9.17, 15) is 4.79 Å². The maximum atomic E-state index is 12.9. The highest BCUT2D eigenvalue weighted by molar-refractivity contribution is 7.18. The Labute approximate surface area is 150 Å². The molecule has 130 valence electrons. The van der Waals surface area contributed by atoms with E-state index in [4.69, 9.17) is 9.40 Å². The van der Waals surface area contributed by atoms with Crippen LogP contribution in [0.4, 0.5) is 0 Å². The zero-order chi connectivity index (χ0) is 17.4. The Morgan fingerprint density at radius 1 is 1.36 bits per heavy atom. The van der Waals surface area contributed by atoms with Crippen LogP contribution in [-0.4, -0.2) is 33.9 Å². The van der Waals surface area contributed by atoms with Crippen molar-refractivity contribution in [3.63, 3.8) is 0 Å². The van der Waals surface area contributed by atoms with Crippen LogP contribution >= 0.6 is 11.3 Å². The molecule has 4 rings (SSSR count). The summed E-state index contributed by atoms with van der Waals surface area (Å²) in [4.78, 5) is 23.8. The fraction of sp³-hybridized carbons (Fsp3) is 0.421. The number of fused-ring (bicyclic) bond motifs is 1. The van der Waals surface area contributed by atoms with Crippen LogP contribution in [0.15, 0.2) is 35.1 Å². The van der Waals surface area contributed by atoms with E-state index < -0.39 is 0 Å². The molecule has 3 aromatic rings. The molecule has 0 saturated carbocycles. The lowest BCUT2D eigenvalue weighted by molar-refractivity contribution is 0.0699. The monoisotopic (exact) mass is 355 g/mol. The van der Waals surface area contributed by atoms with Crippen molar-refractivity contribution in [2.75, 3.05) is 13.1 Å². The summed E-state index contributed by atoms with van der Waals surface area (Å²) in [5, 5.41) is 1.13. The SMILES string of the molecule is CC(C)c1ocnc1C(=O)N1CCC[C@@H](c2nc3ccccc3s2)C1.